The molecule has 0 heterocycles. The molecule has 2 aromatic carbocycles. The van der Waals surface area contributed by atoms with E-state index in [2.05, 4.69) is 10.0 Å². The summed E-state index contributed by atoms with van der Waals surface area (Å²) >= 11 is 0. The highest BCUT2D eigenvalue weighted by atomic mass is 32.2. The Balaban J connectivity index is 1.89. The summed E-state index contributed by atoms with van der Waals surface area (Å²) in [5.41, 5.74) is 2.26. The van der Waals surface area contributed by atoms with Crippen LogP contribution in [0.3, 0.4) is 0 Å². The molecular weight excluding hydrogens is 392 g/mol. The largest absolute Gasteiger partial charge is 0.497 e. The number of methoxy groups -OCH3 is 2. The van der Waals surface area contributed by atoms with Gasteiger partial charge >= 0.3 is 0 Å². The Hall–Kier alpha value is -2.84. The van der Waals surface area contributed by atoms with Gasteiger partial charge < -0.3 is 14.8 Å². The summed E-state index contributed by atoms with van der Waals surface area (Å²) in [6.07, 6.45) is 2.98. The monoisotopic (exact) mass is 418 g/mol. The molecule has 29 heavy (non-hydrogen) atoms. The molecular formula is C21H26N2O5S. The molecule has 0 atom stereocenters. The number of carbonyl (C=O) groups is 1. The van der Waals surface area contributed by atoms with Gasteiger partial charge in [-0.25, -0.2) is 13.1 Å². The second kappa shape index (κ2) is 10.1. The topological polar surface area (TPSA) is 93.7 Å². The first-order valence-electron chi connectivity index (χ1n) is 9.01. The highest BCUT2D eigenvalue weighted by Gasteiger charge is 2.16. The maximum atomic E-state index is 12.4. The number of amides is 1. The van der Waals surface area contributed by atoms with Crippen molar-refractivity contribution in [3.8, 4) is 11.5 Å². The first kappa shape index (κ1) is 22.4. The summed E-state index contributed by atoms with van der Waals surface area (Å²) in [6, 6.07) is 10.5. The summed E-state index contributed by atoms with van der Waals surface area (Å²) in [5, 5.41) is 2.64. The first-order valence-corrected chi connectivity index (χ1v) is 10.5. The molecule has 0 aliphatic carbocycles. The molecule has 0 aliphatic rings. The number of hydrogen-bond donors (Lipinski definition) is 2. The summed E-state index contributed by atoms with van der Waals surface area (Å²) < 4.78 is 37.8. The van der Waals surface area contributed by atoms with Gasteiger partial charge in [0.25, 0.3) is 0 Å². The highest BCUT2D eigenvalue weighted by molar-refractivity contribution is 7.89. The van der Waals surface area contributed by atoms with E-state index in [9.17, 15) is 13.2 Å². The van der Waals surface area contributed by atoms with Crippen molar-refractivity contribution in [3.05, 3.63) is 59.2 Å². The van der Waals surface area contributed by atoms with Crippen LogP contribution >= 0.6 is 0 Å². The van der Waals surface area contributed by atoms with E-state index in [1.807, 2.05) is 13.0 Å². The van der Waals surface area contributed by atoms with Crippen LogP contribution in [0.4, 0.5) is 0 Å². The molecule has 0 aliphatic heterocycles. The average Bonchev–Trinajstić information content (AvgIpc) is 2.71. The second-order valence-electron chi connectivity index (χ2n) is 6.40. The number of ether oxygens (including phenoxy) is 2. The van der Waals surface area contributed by atoms with Gasteiger partial charge in [0.15, 0.2) is 0 Å². The number of rotatable bonds is 9. The van der Waals surface area contributed by atoms with E-state index in [4.69, 9.17) is 9.47 Å². The molecule has 2 N–H and O–H groups in total. The van der Waals surface area contributed by atoms with Crippen LogP contribution in [0.1, 0.15) is 16.7 Å². The van der Waals surface area contributed by atoms with Crippen LogP contribution < -0.4 is 19.5 Å². The molecule has 0 fully saturated rings. The minimum Gasteiger partial charge on any atom is -0.497 e. The highest BCUT2D eigenvalue weighted by Crippen LogP contribution is 2.25. The van der Waals surface area contributed by atoms with Crippen LogP contribution in [0.25, 0.3) is 6.08 Å². The standard InChI is InChI=1S/C21H26N2O5S/c1-15-5-6-16(2)20(13-15)29(25,26)23-12-11-22-21(24)10-8-17-7-9-18(27-3)14-19(17)28-4/h5-10,13-14,23H,11-12H2,1-4H3,(H,22,24)/b10-8+. The van der Waals surface area contributed by atoms with E-state index in [1.165, 1.54) is 13.2 Å². The molecule has 2 rings (SSSR count). The number of sulfonamides is 1. The van der Waals surface area contributed by atoms with Crippen LogP contribution in [0.2, 0.25) is 0 Å². The first-order chi connectivity index (χ1) is 13.8. The fourth-order valence-corrected chi connectivity index (χ4v) is 3.99. The van der Waals surface area contributed by atoms with Crippen LogP contribution in [0.5, 0.6) is 11.5 Å². The average molecular weight is 419 g/mol. The lowest BCUT2D eigenvalue weighted by Crippen LogP contribution is -2.34. The quantitative estimate of drug-likeness (QED) is 0.482. The zero-order valence-electron chi connectivity index (χ0n) is 17.0. The number of carbonyl (C=O) groups excluding carboxylic acids is 1. The van der Waals surface area contributed by atoms with Gasteiger partial charge in [-0.2, -0.15) is 0 Å². The molecule has 7 nitrogen and oxygen atoms in total. The second-order valence-corrected chi connectivity index (χ2v) is 8.13. The molecule has 0 saturated heterocycles. The Morgan fingerprint density at radius 1 is 1.03 bits per heavy atom. The number of nitrogens with one attached hydrogen (secondary N) is 2. The molecule has 0 saturated carbocycles. The molecule has 0 aromatic heterocycles. The SMILES string of the molecule is COc1ccc(/C=C/C(=O)NCCNS(=O)(=O)c2cc(C)ccc2C)c(OC)c1. The van der Waals surface area contributed by atoms with Gasteiger partial charge in [-0.15, -0.1) is 0 Å². The Morgan fingerprint density at radius 3 is 2.48 bits per heavy atom. The summed E-state index contributed by atoms with van der Waals surface area (Å²) in [5.74, 6) is 0.892. The van der Waals surface area contributed by atoms with E-state index in [0.29, 0.717) is 17.1 Å². The van der Waals surface area contributed by atoms with Crippen LogP contribution in [-0.2, 0) is 14.8 Å². The van der Waals surface area contributed by atoms with Crippen molar-refractivity contribution < 1.29 is 22.7 Å². The number of aryl methyl sites for hydroxylation is 2. The fourth-order valence-electron chi connectivity index (χ4n) is 2.63. The molecule has 2 aromatic rings. The fraction of sp³-hybridized carbons (Fsp3) is 0.286. The Morgan fingerprint density at radius 2 is 1.79 bits per heavy atom. The zero-order chi connectivity index (χ0) is 21.4. The minimum atomic E-state index is -3.63. The molecule has 0 bridgehead atoms. The molecule has 156 valence electrons. The third kappa shape index (κ3) is 6.33. The third-order valence-electron chi connectivity index (χ3n) is 4.20. The predicted octanol–water partition coefficient (Wildman–Crippen LogP) is 2.43. The van der Waals surface area contributed by atoms with Gasteiger partial charge in [-0.3, -0.25) is 4.79 Å². The van der Waals surface area contributed by atoms with Crippen LogP contribution in [0.15, 0.2) is 47.4 Å². The van der Waals surface area contributed by atoms with Gasteiger partial charge in [0.1, 0.15) is 11.5 Å². The predicted molar refractivity (Wildman–Crippen MR) is 113 cm³/mol. The van der Waals surface area contributed by atoms with Crippen molar-refractivity contribution in [2.75, 3.05) is 27.3 Å². The normalized spacial score (nSPS) is 11.4. The van der Waals surface area contributed by atoms with Crippen molar-refractivity contribution in [1.29, 1.82) is 0 Å². The Labute approximate surface area is 171 Å². The van der Waals surface area contributed by atoms with E-state index >= 15 is 0 Å². The molecule has 0 radical (unpaired) electrons. The molecule has 0 spiro atoms. The lowest BCUT2D eigenvalue weighted by molar-refractivity contribution is -0.116. The maximum absolute atomic E-state index is 12.4. The maximum Gasteiger partial charge on any atom is 0.244 e. The van der Waals surface area contributed by atoms with E-state index in [0.717, 1.165) is 11.1 Å². The van der Waals surface area contributed by atoms with Crippen molar-refractivity contribution >= 4 is 22.0 Å². The van der Waals surface area contributed by atoms with E-state index in [1.54, 1.807) is 50.4 Å². The summed E-state index contributed by atoms with van der Waals surface area (Å²) in [4.78, 5) is 12.2. The third-order valence-corrected chi connectivity index (χ3v) is 5.81. The van der Waals surface area contributed by atoms with Gasteiger partial charge in [-0.1, -0.05) is 12.1 Å². The van der Waals surface area contributed by atoms with Crippen molar-refractivity contribution in [3.63, 3.8) is 0 Å². The van der Waals surface area contributed by atoms with Gasteiger partial charge in [0.2, 0.25) is 15.9 Å². The number of hydrogen-bond acceptors (Lipinski definition) is 5. The van der Waals surface area contributed by atoms with Gasteiger partial charge in [0.05, 0.1) is 19.1 Å². The van der Waals surface area contributed by atoms with Crippen molar-refractivity contribution in [2.45, 2.75) is 18.7 Å². The minimum absolute atomic E-state index is 0.0845. The van der Waals surface area contributed by atoms with Crippen LogP contribution in [0, 0.1) is 13.8 Å². The summed E-state index contributed by atoms with van der Waals surface area (Å²) in [6.45, 7) is 3.82. The summed E-state index contributed by atoms with van der Waals surface area (Å²) in [7, 11) is -0.532. The lowest BCUT2D eigenvalue weighted by atomic mass is 10.1. The van der Waals surface area contributed by atoms with E-state index < -0.39 is 10.0 Å². The van der Waals surface area contributed by atoms with E-state index in [-0.39, 0.29) is 23.9 Å². The van der Waals surface area contributed by atoms with Crippen molar-refractivity contribution in [1.82, 2.24) is 10.0 Å². The van der Waals surface area contributed by atoms with Crippen LogP contribution in [-0.4, -0.2) is 41.6 Å². The zero-order valence-corrected chi connectivity index (χ0v) is 17.8. The Kier molecular flexibility index (Phi) is 7.81. The molecule has 8 heteroatoms. The molecule has 1 amide bonds. The van der Waals surface area contributed by atoms with Crippen molar-refractivity contribution in [2.24, 2.45) is 0 Å². The smallest absolute Gasteiger partial charge is 0.244 e. The van der Waals surface area contributed by atoms with Gasteiger partial charge in [-0.05, 0) is 49.2 Å². The Bertz CT molecular complexity index is 1000. The van der Waals surface area contributed by atoms with Gasteiger partial charge in [0, 0.05) is 30.8 Å². The molecule has 0 unspecified atom stereocenters. The lowest BCUT2D eigenvalue weighted by Gasteiger charge is -2.10. The number of benzene rings is 2.